The van der Waals surface area contributed by atoms with Gasteiger partial charge in [0.1, 0.15) is 0 Å². The van der Waals surface area contributed by atoms with Crippen molar-refractivity contribution >= 4 is 12.1 Å². The zero-order chi connectivity index (χ0) is 16.2. The van der Waals surface area contributed by atoms with Crippen LogP contribution < -0.4 is 22.1 Å². The molecule has 0 aromatic heterocycles. The topological polar surface area (TPSA) is 110 Å². The number of hydrogen-bond donors (Lipinski definition) is 4. The van der Waals surface area contributed by atoms with Gasteiger partial charge in [-0.3, -0.25) is 5.32 Å². The van der Waals surface area contributed by atoms with Crippen LogP contribution in [0.15, 0.2) is 60.7 Å². The van der Waals surface area contributed by atoms with Crippen LogP contribution >= 0.6 is 0 Å². The number of nitrogens with one attached hydrogen (secondary N) is 2. The minimum atomic E-state index is -0.865. The smallest absolute Gasteiger partial charge is 0.323 e. The molecule has 0 bridgehead atoms. The first kappa shape index (κ1) is 17.2. The van der Waals surface area contributed by atoms with Gasteiger partial charge in [0.15, 0.2) is 0 Å². The fourth-order valence-corrected chi connectivity index (χ4v) is 1.55. The third kappa shape index (κ3) is 7.66. The molecule has 6 heteroatoms. The molecule has 22 heavy (non-hydrogen) atoms. The van der Waals surface area contributed by atoms with Gasteiger partial charge < -0.3 is 16.8 Å². The molecular weight excluding hydrogens is 280 g/mol. The third-order valence-corrected chi connectivity index (χ3v) is 2.61. The molecule has 2 aromatic carbocycles. The van der Waals surface area contributed by atoms with Gasteiger partial charge in [0.05, 0.1) is 0 Å². The number of primary amides is 1. The average Bonchev–Trinajstić information content (AvgIpc) is 2.55. The van der Waals surface area contributed by atoms with E-state index in [1.165, 1.54) is 5.56 Å². The zero-order valence-electron chi connectivity index (χ0n) is 12.2. The molecule has 2 rings (SSSR count). The van der Waals surface area contributed by atoms with Crippen molar-refractivity contribution < 1.29 is 9.59 Å². The third-order valence-electron chi connectivity index (χ3n) is 2.61. The van der Waals surface area contributed by atoms with Crippen molar-refractivity contribution in [1.82, 2.24) is 10.6 Å². The van der Waals surface area contributed by atoms with Crippen molar-refractivity contribution in [3.05, 3.63) is 71.8 Å². The Morgan fingerprint density at radius 2 is 1.36 bits per heavy atom. The fourth-order valence-electron chi connectivity index (χ4n) is 1.55. The van der Waals surface area contributed by atoms with Gasteiger partial charge in [0.25, 0.3) is 0 Å². The summed E-state index contributed by atoms with van der Waals surface area (Å²) in [4.78, 5) is 21.2. The lowest BCUT2D eigenvalue weighted by Crippen LogP contribution is -2.41. The standard InChI is InChI=1S/C9H11N3O2.C7H9N/c10-8(13)12-9(14)11-6-7-4-2-1-3-5-7;8-6-7-4-2-1-3-5-7/h1-5H,6H2,(H4,10,11,12,13,14);1-5H,6,8H2. The van der Waals surface area contributed by atoms with Crippen LogP contribution in [0.4, 0.5) is 9.59 Å². The summed E-state index contributed by atoms with van der Waals surface area (Å²) in [7, 11) is 0. The summed E-state index contributed by atoms with van der Waals surface area (Å²) < 4.78 is 0. The van der Waals surface area contributed by atoms with Crippen molar-refractivity contribution in [2.75, 3.05) is 0 Å². The van der Waals surface area contributed by atoms with Crippen LogP contribution in [-0.2, 0) is 13.1 Å². The average molecular weight is 300 g/mol. The van der Waals surface area contributed by atoms with Crippen molar-refractivity contribution in [3.8, 4) is 0 Å². The maximum Gasteiger partial charge on any atom is 0.323 e. The van der Waals surface area contributed by atoms with Gasteiger partial charge in [-0.1, -0.05) is 60.7 Å². The molecule has 4 amide bonds. The van der Waals surface area contributed by atoms with E-state index in [2.05, 4.69) is 5.32 Å². The minimum Gasteiger partial charge on any atom is -0.351 e. The van der Waals surface area contributed by atoms with Crippen LogP contribution in [0.1, 0.15) is 11.1 Å². The van der Waals surface area contributed by atoms with Crippen LogP contribution in [0.3, 0.4) is 0 Å². The summed E-state index contributed by atoms with van der Waals surface area (Å²) in [6.07, 6.45) is 0. The number of urea groups is 2. The van der Waals surface area contributed by atoms with Gasteiger partial charge in [0.2, 0.25) is 0 Å². The number of rotatable bonds is 3. The van der Waals surface area contributed by atoms with E-state index >= 15 is 0 Å². The first-order valence-electron chi connectivity index (χ1n) is 6.74. The van der Waals surface area contributed by atoms with Crippen molar-refractivity contribution in [2.45, 2.75) is 13.1 Å². The number of carbonyl (C=O) groups is 2. The highest BCUT2D eigenvalue weighted by molar-refractivity contribution is 5.92. The molecule has 0 aliphatic carbocycles. The molecule has 2 aromatic rings. The Labute approximate surface area is 129 Å². The first-order valence-corrected chi connectivity index (χ1v) is 6.74. The van der Waals surface area contributed by atoms with E-state index in [4.69, 9.17) is 11.5 Å². The number of amides is 4. The number of imide groups is 1. The number of nitrogens with two attached hydrogens (primary N) is 2. The van der Waals surface area contributed by atoms with Crippen LogP contribution in [0.2, 0.25) is 0 Å². The van der Waals surface area contributed by atoms with Gasteiger partial charge in [-0.25, -0.2) is 9.59 Å². The lowest BCUT2D eigenvalue weighted by molar-refractivity contribution is 0.231. The molecule has 0 radical (unpaired) electrons. The second-order valence-electron chi connectivity index (χ2n) is 4.35. The lowest BCUT2D eigenvalue weighted by atomic mass is 10.2. The van der Waals surface area contributed by atoms with E-state index in [0.717, 1.165) is 5.56 Å². The Hall–Kier alpha value is -2.86. The Morgan fingerprint density at radius 3 is 1.77 bits per heavy atom. The molecule has 0 aliphatic heterocycles. The van der Waals surface area contributed by atoms with E-state index in [1.54, 1.807) is 0 Å². The van der Waals surface area contributed by atoms with Gasteiger partial charge in [-0.05, 0) is 11.1 Å². The molecule has 116 valence electrons. The second-order valence-corrected chi connectivity index (χ2v) is 4.35. The summed E-state index contributed by atoms with van der Waals surface area (Å²) in [6.45, 7) is 1.00. The maximum atomic E-state index is 10.9. The van der Waals surface area contributed by atoms with Crippen molar-refractivity contribution in [2.24, 2.45) is 11.5 Å². The number of benzene rings is 2. The van der Waals surface area contributed by atoms with Gasteiger partial charge in [-0.15, -0.1) is 0 Å². The Morgan fingerprint density at radius 1 is 0.864 bits per heavy atom. The highest BCUT2D eigenvalue weighted by atomic mass is 16.2. The molecule has 0 spiro atoms. The molecule has 0 fully saturated rings. The summed E-state index contributed by atoms with van der Waals surface area (Å²) >= 11 is 0. The van der Waals surface area contributed by atoms with Crippen LogP contribution in [0, 0.1) is 0 Å². The van der Waals surface area contributed by atoms with Gasteiger partial charge in [-0.2, -0.15) is 0 Å². The Kier molecular flexibility index (Phi) is 7.78. The lowest BCUT2D eigenvalue weighted by Gasteiger charge is -2.04. The van der Waals surface area contributed by atoms with Crippen molar-refractivity contribution in [3.63, 3.8) is 0 Å². The molecule has 0 saturated carbocycles. The van der Waals surface area contributed by atoms with E-state index in [1.807, 2.05) is 66.0 Å². The Balaban J connectivity index is 0.000000255. The Bertz CT molecular complexity index is 573. The summed E-state index contributed by atoms with van der Waals surface area (Å²) in [5.41, 5.74) is 12.2. The summed E-state index contributed by atoms with van der Waals surface area (Å²) in [6, 6.07) is 17.9. The first-order chi connectivity index (χ1) is 10.6. The second kappa shape index (κ2) is 9.95. The maximum absolute atomic E-state index is 10.9. The van der Waals surface area contributed by atoms with Crippen LogP contribution in [0.25, 0.3) is 0 Å². The van der Waals surface area contributed by atoms with E-state index in [9.17, 15) is 9.59 Å². The van der Waals surface area contributed by atoms with Gasteiger partial charge in [0, 0.05) is 13.1 Å². The molecule has 0 aliphatic rings. The molecule has 0 heterocycles. The monoisotopic (exact) mass is 300 g/mol. The molecule has 0 unspecified atom stereocenters. The van der Waals surface area contributed by atoms with Crippen LogP contribution in [0.5, 0.6) is 0 Å². The van der Waals surface area contributed by atoms with E-state index in [-0.39, 0.29) is 0 Å². The largest absolute Gasteiger partial charge is 0.351 e. The number of carbonyl (C=O) groups excluding carboxylic acids is 2. The van der Waals surface area contributed by atoms with E-state index < -0.39 is 12.1 Å². The molecule has 6 N–H and O–H groups in total. The minimum absolute atomic E-state index is 0.361. The highest BCUT2D eigenvalue weighted by Gasteiger charge is 2.01. The molecular formula is C16H20N4O2. The predicted octanol–water partition coefficient (Wildman–Crippen LogP) is 1.71. The highest BCUT2D eigenvalue weighted by Crippen LogP contribution is 1.96. The molecule has 0 atom stereocenters. The normalized spacial score (nSPS) is 9.14. The van der Waals surface area contributed by atoms with Gasteiger partial charge >= 0.3 is 12.1 Å². The fraction of sp³-hybridized carbons (Fsp3) is 0.125. The SMILES string of the molecule is NC(=O)NC(=O)NCc1ccccc1.NCc1ccccc1. The quantitative estimate of drug-likeness (QED) is 0.692. The zero-order valence-corrected chi connectivity index (χ0v) is 12.2. The molecule has 6 nitrogen and oxygen atoms in total. The summed E-state index contributed by atoms with van der Waals surface area (Å²) in [5, 5.41) is 4.38. The predicted molar refractivity (Wildman–Crippen MR) is 85.7 cm³/mol. The summed E-state index contributed by atoms with van der Waals surface area (Å²) in [5.74, 6) is 0. The van der Waals surface area contributed by atoms with E-state index in [0.29, 0.717) is 13.1 Å². The molecule has 0 saturated heterocycles. The van der Waals surface area contributed by atoms with Crippen molar-refractivity contribution in [1.29, 1.82) is 0 Å². The number of hydrogen-bond acceptors (Lipinski definition) is 3. The van der Waals surface area contributed by atoms with Crippen LogP contribution in [-0.4, -0.2) is 12.1 Å².